The fraction of sp³-hybridized carbons (Fsp3) is 0.609. The van der Waals surface area contributed by atoms with Gasteiger partial charge in [0.1, 0.15) is 6.54 Å². The second kappa shape index (κ2) is 9.41. The number of benzene rings is 1. The molecule has 2 aromatic rings. The lowest BCUT2D eigenvalue weighted by Crippen LogP contribution is -3.12. The number of pyridine rings is 1. The maximum absolute atomic E-state index is 13.4. The van der Waals surface area contributed by atoms with Crippen molar-refractivity contribution in [3.05, 3.63) is 39.7 Å². The number of fused-ring (bicyclic) bond motifs is 1. The number of H-pyrrole nitrogens is 1. The summed E-state index contributed by atoms with van der Waals surface area (Å²) in [5.41, 5.74) is 4.21. The predicted molar refractivity (Wildman–Crippen MR) is 117 cm³/mol. The van der Waals surface area contributed by atoms with Crippen LogP contribution >= 0.6 is 0 Å². The standard InChI is InChI=1S/C23H37N3O/c1-8-26(9-2)19-10-11-22-20(12-19)23(27)21(18(7)24-22)15-25(13-16(3)4)14-17(5)6/h10-12,16-17H,8-9,13-15H2,1-7H3,(H,24,27)/p+1. The number of anilines is 1. The van der Waals surface area contributed by atoms with Gasteiger partial charge in [0.2, 0.25) is 0 Å². The molecule has 2 rings (SSSR count). The Morgan fingerprint density at radius 3 is 2.15 bits per heavy atom. The first-order valence-corrected chi connectivity index (χ1v) is 10.5. The third kappa shape index (κ3) is 5.35. The third-order valence-electron chi connectivity index (χ3n) is 5.25. The zero-order valence-corrected chi connectivity index (χ0v) is 18.3. The summed E-state index contributed by atoms with van der Waals surface area (Å²) >= 11 is 0. The van der Waals surface area contributed by atoms with Gasteiger partial charge in [-0.3, -0.25) is 4.79 Å². The van der Waals surface area contributed by atoms with Crippen LogP contribution in [-0.4, -0.2) is 31.2 Å². The van der Waals surface area contributed by atoms with Gasteiger partial charge in [-0.2, -0.15) is 0 Å². The minimum absolute atomic E-state index is 0.195. The van der Waals surface area contributed by atoms with E-state index in [9.17, 15) is 4.79 Å². The minimum Gasteiger partial charge on any atom is -0.372 e. The highest BCUT2D eigenvalue weighted by atomic mass is 16.1. The van der Waals surface area contributed by atoms with Gasteiger partial charge in [0.25, 0.3) is 0 Å². The lowest BCUT2D eigenvalue weighted by molar-refractivity contribution is -0.919. The zero-order chi connectivity index (χ0) is 20.1. The van der Waals surface area contributed by atoms with Crippen molar-refractivity contribution in [1.82, 2.24) is 4.98 Å². The van der Waals surface area contributed by atoms with Crippen LogP contribution in [0.3, 0.4) is 0 Å². The van der Waals surface area contributed by atoms with E-state index in [1.807, 2.05) is 13.0 Å². The average molecular weight is 373 g/mol. The maximum atomic E-state index is 13.4. The highest BCUT2D eigenvalue weighted by molar-refractivity contribution is 5.83. The Balaban J connectivity index is 2.47. The summed E-state index contributed by atoms with van der Waals surface area (Å²) in [4.78, 5) is 20.6. The van der Waals surface area contributed by atoms with E-state index >= 15 is 0 Å². The van der Waals surface area contributed by atoms with Crippen molar-refractivity contribution in [2.24, 2.45) is 11.8 Å². The van der Waals surface area contributed by atoms with Gasteiger partial charge in [0, 0.05) is 47.2 Å². The molecule has 0 unspecified atom stereocenters. The molecule has 0 atom stereocenters. The summed E-state index contributed by atoms with van der Waals surface area (Å²) in [5, 5.41) is 0.813. The second-order valence-corrected chi connectivity index (χ2v) is 8.58. The summed E-state index contributed by atoms with van der Waals surface area (Å²) in [7, 11) is 0. The summed E-state index contributed by atoms with van der Waals surface area (Å²) in [6, 6.07) is 6.22. The van der Waals surface area contributed by atoms with E-state index in [4.69, 9.17) is 0 Å². The first kappa shape index (κ1) is 21.5. The van der Waals surface area contributed by atoms with E-state index in [-0.39, 0.29) is 5.43 Å². The number of rotatable bonds is 9. The number of aryl methyl sites for hydroxylation is 1. The lowest BCUT2D eigenvalue weighted by Gasteiger charge is -2.24. The number of hydrogen-bond acceptors (Lipinski definition) is 2. The summed E-state index contributed by atoms with van der Waals surface area (Å²) < 4.78 is 0. The highest BCUT2D eigenvalue weighted by Crippen LogP contribution is 2.20. The molecular formula is C23H38N3O+. The van der Waals surface area contributed by atoms with Crippen LogP contribution in [0.2, 0.25) is 0 Å². The van der Waals surface area contributed by atoms with Crippen LogP contribution in [0.25, 0.3) is 10.9 Å². The lowest BCUT2D eigenvalue weighted by atomic mass is 10.1. The summed E-state index contributed by atoms with van der Waals surface area (Å²) in [6.07, 6.45) is 0. The second-order valence-electron chi connectivity index (χ2n) is 8.58. The molecule has 2 N–H and O–H groups in total. The van der Waals surface area contributed by atoms with Crippen LogP contribution < -0.4 is 15.2 Å². The van der Waals surface area contributed by atoms with Gasteiger partial charge in [-0.1, -0.05) is 27.7 Å². The van der Waals surface area contributed by atoms with Gasteiger partial charge < -0.3 is 14.8 Å². The van der Waals surface area contributed by atoms with Gasteiger partial charge in [-0.15, -0.1) is 0 Å². The number of nitrogens with zero attached hydrogens (tertiary/aromatic N) is 1. The molecule has 0 aliphatic rings. The smallest absolute Gasteiger partial charge is 0.198 e. The fourth-order valence-corrected chi connectivity index (χ4v) is 4.07. The van der Waals surface area contributed by atoms with Gasteiger partial charge >= 0.3 is 0 Å². The molecule has 0 fully saturated rings. The van der Waals surface area contributed by atoms with Crippen LogP contribution in [0.5, 0.6) is 0 Å². The Hall–Kier alpha value is -1.81. The molecule has 1 aromatic carbocycles. The largest absolute Gasteiger partial charge is 0.372 e. The summed E-state index contributed by atoms with van der Waals surface area (Å²) in [5.74, 6) is 1.24. The zero-order valence-electron chi connectivity index (χ0n) is 18.3. The normalized spacial score (nSPS) is 11.9. The molecule has 4 heteroatoms. The molecular weight excluding hydrogens is 334 g/mol. The van der Waals surface area contributed by atoms with Crippen LogP contribution in [0.15, 0.2) is 23.0 Å². The SMILES string of the molecule is CCN(CC)c1ccc2[nH]c(C)c(C[NH+](CC(C)C)CC(C)C)c(=O)c2c1. The third-order valence-corrected chi connectivity index (χ3v) is 5.25. The van der Waals surface area contributed by atoms with Crippen molar-refractivity contribution in [1.29, 1.82) is 0 Å². The van der Waals surface area contributed by atoms with Gasteiger partial charge in [0.05, 0.1) is 18.7 Å². The molecule has 0 aliphatic carbocycles. The molecule has 0 amide bonds. The van der Waals surface area contributed by atoms with Crippen molar-refractivity contribution in [3.63, 3.8) is 0 Å². The van der Waals surface area contributed by atoms with E-state index in [2.05, 4.69) is 63.6 Å². The van der Waals surface area contributed by atoms with Gasteiger partial charge in [-0.25, -0.2) is 0 Å². The van der Waals surface area contributed by atoms with Gasteiger partial charge in [-0.05, 0) is 39.0 Å². The summed E-state index contributed by atoms with van der Waals surface area (Å²) in [6.45, 7) is 20.2. The molecule has 0 saturated heterocycles. The monoisotopic (exact) mass is 372 g/mol. The Kier molecular flexibility index (Phi) is 7.49. The molecule has 1 aromatic heterocycles. The number of quaternary nitrogens is 1. The van der Waals surface area contributed by atoms with E-state index in [1.165, 1.54) is 4.90 Å². The Morgan fingerprint density at radius 1 is 1.04 bits per heavy atom. The average Bonchev–Trinajstić information content (AvgIpc) is 2.59. The van der Waals surface area contributed by atoms with E-state index < -0.39 is 0 Å². The molecule has 1 heterocycles. The maximum Gasteiger partial charge on any atom is 0.198 e. The van der Waals surface area contributed by atoms with Gasteiger partial charge in [0.15, 0.2) is 5.43 Å². The molecule has 150 valence electrons. The Labute approximate surface area is 164 Å². The predicted octanol–water partition coefficient (Wildman–Crippen LogP) is 3.38. The van der Waals surface area contributed by atoms with Crippen molar-refractivity contribution >= 4 is 16.6 Å². The molecule has 27 heavy (non-hydrogen) atoms. The van der Waals surface area contributed by atoms with Crippen LogP contribution in [0, 0.1) is 18.8 Å². The number of aromatic amines is 1. The minimum atomic E-state index is 0.195. The molecule has 0 radical (unpaired) electrons. The van der Waals surface area contributed by atoms with Crippen LogP contribution in [0.1, 0.15) is 52.8 Å². The number of hydrogen-bond donors (Lipinski definition) is 2. The van der Waals surface area contributed by atoms with Crippen molar-refractivity contribution < 1.29 is 4.90 Å². The molecule has 0 saturated carbocycles. The molecule has 0 bridgehead atoms. The number of nitrogens with one attached hydrogen (secondary N) is 2. The fourth-order valence-electron chi connectivity index (χ4n) is 4.07. The molecule has 0 spiro atoms. The first-order chi connectivity index (χ1) is 12.8. The van der Waals surface area contributed by atoms with Crippen molar-refractivity contribution in [2.45, 2.75) is 55.0 Å². The van der Waals surface area contributed by atoms with Crippen LogP contribution in [-0.2, 0) is 6.54 Å². The quantitative estimate of drug-likeness (QED) is 0.708. The van der Waals surface area contributed by atoms with Crippen molar-refractivity contribution in [2.75, 3.05) is 31.1 Å². The van der Waals surface area contributed by atoms with E-state index in [0.717, 1.165) is 60.6 Å². The van der Waals surface area contributed by atoms with Crippen molar-refractivity contribution in [3.8, 4) is 0 Å². The highest BCUT2D eigenvalue weighted by Gasteiger charge is 2.19. The Bertz CT molecular complexity index is 793. The van der Waals surface area contributed by atoms with E-state index in [0.29, 0.717) is 11.8 Å². The molecule has 0 aliphatic heterocycles. The molecule has 4 nitrogen and oxygen atoms in total. The first-order valence-electron chi connectivity index (χ1n) is 10.5. The topological polar surface area (TPSA) is 40.5 Å². The Morgan fingerprint density at radius 2 is 1.63 bits per heavy atom. The number of aromatic nitrogens is 1. The van der Waals surface area contributed by atoms with Crippen LogP contribution in [0.4, 0.5) is 5.69 Å². The van der Waals surface area contributed by atoms with E-state index in [1.54, 1.807) is 0 Å².